The maximum absolute atomic E-state index is 12.4. The molecule has 0 fully saturated rings. The average molecular weight is 345 g/mol. The minimum Gasteiger partial charge on any atom is -0.329 e. The number of carbonyl (C=O) groups is 1. The fourth-order valence-corrected chi connectivity index (χ4v) is 2.79. The van der Waals surface area contributed by atoms with Crippen LogP contribution in [-0.4, -0.2) is 30.5 Å². The van der Waals surface area contributed by atoms with Crippen LogP contribution >= 0.6 is 0 Å². The molecular formula is C19H15N5O2. The van der Waals surface area contributed by atoms with E-state index in [0.717, 1.165) is 22.0 Å². The summed E-state index contributed by atoms with van der Waals surface area (Å²) in [5.41, 5.74) is 3.38. The molecule has 0 unspecified atom stereocenters. The van der Waals surface area contributed by atoms with Crippen molar-refractivity contribution in [1.29, 1.82) is 0 Å². The molecule has 0 spiro atoms. The highest BCUT2D eigenvalue weighted by molar-refractivity contribution is 5.97. The minimum atomic E-state index is -0.298. The van der Waals surface area contributed by atoms with Gasteiger partial charge in [-0.25, -0.2) is 0 Å². The first-order valence-electron chi connectivity index (χ1n) is 8.04. The van der Waals surface area contributed by atoms with E-state index in [0.29, 0.717) is 11.3 Å². The first-order valence-corrected chi connectivity index (χ1v) is 8.04. The van der Waals surface area contributed by atoms with Crippen molar-refractivity contribution in [3.63, 3.8) is 0 Å². The number of hydrogen-bond donors (Lipinski definition) is 1. The molecule has 4 heterocycles. The number of nitrogens with zero attached hydrogens (tertiary/aromatic N) is 4. The Morgan fingerprint density at radius 2 is 2.00 bits per heavy atom. The van der Waals surface area contributed by atoms with E-state index in [4.69, 9.17) is 0 Å². The predicted octanol–water partition coefficient (Wildman–Crippen LogP) is 2.14. The lowest BCUT2D eigenvalue weighted by atomic mass is 10.1. The summed E-state index contributed by atoms with van der Waals surface area (Å²) in [6.45, 7) is 0. The van der Waals surface area contributed by atoms with E-state index < -0.39 is 0 Å². The summed E-state index contributed by atoms with van der Waals surface area (Å²) in [7, 11) is 1.86. The first kappa shape index (κ1) is 15.9. The molecule has 0 aliphatic rings. The van der Waals surface area contributed by atoms with Crippen LogP contribution in [0, 0.1) is 0 Å². The Morgan fingerprint density at radius 1 is 1.12 bits per heavy atom. The number of pyridine rings is 3. The van der Waals surface area contributed by atoms with Gasteiger partial charge in [-0.2, -0.15) is 5.10 Å². The molecule has 0 radical (unpaired) electrons. The zero-order valence-electron chi connectivity index (χ0n) is 14.0. The van der Waals surface area contributed by atoms with E-state index in [1.165, 1.54) is 12.3 Å². The number of fused-ring (bicyclic) bond motifs is 1. The molecule has 0 saturated carbocycles. The van der Waals surface area contributed by atoms with Gasteiger partial charge in [0.25, 0.3) is 0 Å². The molecule has 4 aromatic rings. The minimum absolute atomic E-state index is 0.122. The average Bonchev–Trinajstić information content (AvgIpc) is 3.07. The monoisotopic (exact) mass is 345 g/mol. The van der Waals surface area contributed by atoms with E-state index in [-0.39, 0.29) is 17.8 Å². The quantitative estimate of drug-likeness (QED) is 0.572. The molecule has 0 amide bonds. The zero-order chi connectivity index (χ0) is 18.1. The van der Waals surface area contributed by atoms with Gasteiger partial charge in [-0.15, -0.1) is 0 Å². The Morgan fingerprint density at radius 3 is 2.77 bits per heavy atom. The van der Waals surface area contributed by atoms with Crippen molar-refractivity contribution in [2.24, 2.45) is 7.05 Å². The topological polar surface area (TPSA) is 93.5 Å². The molecule has 0 saturated heterocycles. The Bertz CT molecular complexity index is 1180. The summed E-state index contributed by atoms with van der Waals surface area (Å²) >= 11 is 0. The Balaban J connectivity index is 1.66. The van der Waals surface area contributed by atoms with Crippen molar-refractivity contribution in [1.82, 2.24) is 24.7 Å². The third kappa shape index (κ3) is 3.14. The number of hydrogen-bond acceptors (Lipinski definition) is 5. The fraction of sp³-hybridized carbons (Fsp3) is 0.105. The van der Waals surface area contributed by atoms with E-state index in [1.807, 2.05) is 25.4 Å². The molecule has 7 nitrogen and oxygen atoms in total. The van der Waals surface area contributed by atoms with Gasteiger partial charge >= 0.3 is 0 Å². The Labute approximate surface area is 148 Å². The number of H-pyrrole nitrogens is 1. The van der Waals surface area contributed by atoms with E-state index >= 15 is 0 Å². The maximum Gasteiger partial charge on any atom is 0.248 e. The molecular weight excluding hydrogens is 330 g/mol. The summed E-state index contributed by atoms with van der Waals surface area (Å²) in [5.74, 6) is -0.153. The standard InChI is InChI=1S/C19H15N5O2/c1-24-11-15(9-23-24)14-4-13-5-16(21-10-17(13)22-8-14)7-18(25)12-2-3-20-19(26)6-12/h2-6,8-11H,7H2,1H3,(H,20,26). The molecule has 7 heteroatoms. The van der Waals surface area contributed by atoms with Gasteiger partial charge in [0.2, 0.25) is 5.56 Å². The maximum atomic E-state index is 12.4. The first-order chi connectivity index (χ1) is 12.6. The van der Waals surface area contributed by atoms with Crippen molar-refractivity contribution in [2.75, 3.05) is 0 Å². The van der Waals surface area contributed by atoms with Gasteiger partial charge in [0.1, 0.15) is 0 Å². The van der Waals surface area contributed by atoms with Crippen molar-refractivity contribution in [2.45, 2.75) is 6.42 Å². The number of aromatic nitrogens is 5. The fourth-order valence-electron chi connectivity index (χ4n) is 2.79. The molecule has 26 heavy (non-hydrogen) atoms. The Hall–Kier alpha value is -3.61. The summed E-state index contributed by atoms with van der Waals surface area (Å²) in [6.07, 6.45) is 8.72. The Kier molecular flexibility index (Phi) is 3.89. The number of aryl methyl sites for hydroxylation is 1. The highest BCUT2D eigenvalue weighted by atomic mass is 16.1. The molecule has 128 valence electrons. The smallest absolute Gasteiger partial charge is 0.248 e. The molecule has 0 aliphatic carbocycles. The lowest BCUT2D eigenvalue weighted by Gasteiger charge is -2.04. The molecule has 1 N–H and O–H groups in total. The van der Waals surface area contributed by atoms with Crippen LogP contribution in [-0.2, 0) is 13.5 Å². The van der Waals surface area contributed by atoms with Crippen LogP contribution in [0.5, 0.6) is 0 Å². The highest BCUT2D eigenvalue weighted by Crippen LogP contribution is 2.22. The second kappa shape index (κ2) is 6.36. The lowest BCUT2D eigenvalue weighted by Crippen LogP contribution is -2.11. The molecule has 0 atom stereocenters. The van der Waals surface area contributed by atoms with Crippen LogP contribution in [0.25, 0.3) is 22.0 Å². The number of aromatic amines is 1. The van der Waals surface area contributed by atoms with Crippen LogP contribution in [0.4, 0.5) is 0 Å². The second-order valence-electron chi connectivity index (χ2n) is 6.04. The van der Waals surface area contributed by atoms with Gasteiger partial charge in [-0.3, -0.25) is 24.2 Å². The third-order valence-electron chi connectivity index (χ3n) is 4.10. The predicted molar refractivity (Wildman–Crippen MR) is 96.8 cm³/mol. The number of rotatable bonds is 4. The summed E-state index contributed by atoms with van der Waals surface area (Å²) in [4.78, 5) is 35.0. The largest absolute Gasteiger partial charge is 0.329 e. The van der Waals surface area contributed by atoms with Crippen LogP contribution in [0.3, 0.4) is 0 Å². The van der Waals surface area contributed by atoms with Gasteiger partial charge in [0.15, 0.2) is 5.78 Å². The number of ketones is 1. The van der Waals surface area contributed by atoms with Crippen LogP contribution in [0.2, 0.25) is 0 Å². The third-order valence-corrected chi connectivity index (χ3v) is 4.10. The molecule has 4 rings (SSSR count). The summed E-state index contributed by atoms with van der Waals surface area (Å²) < 4.78 is 1.73. The second-order valence-corrected chi connectivity index (χ2v) is 6.04. The van der Waals surface area contributed by atoms with Gasteiger partial charge in [-0.05, 0) is 18.2 Å². The van der Waals surface area contributed by atoms with Crippen molar-refractivity contribution >= 4 is 16.7 Å². The number of Topliss-reactive ketones (excluding diaryl/α,β-unsaturated/α-hetero) is 1. The summed E-state index contributed by atoms with van der Waals surface area (Å²) in [6, 6.07) is 6.74. The van der Waals surface area contributed by atoms with Gasteiger partial charge in [0.05, 0.1) is 24.3 Å². The normalized spacial score (nSPS) is 11.0. The zero-order valence-corrected chi connectivity index (χ0v) is 14.0. The molecule has 0 aromatic carbocycles. The van der Waals surface area contributed by atoms with Crippen molar-refractivity contribution in [3.05, 3.63) is 76.9 Å². The SMILES string of the molecule is Cn1cc(-c2cnc3cnc(CC(=O)c4cc[nH]c(=O)c4)cc3c2)cn1. The number of nitrogens with one attached hydrogen (secondary N) is 1. The van der Waals surface area contributed by atoms with E-state index in [2.05, 4.69) is 20.1 Å². The van der Waals surface area contributed by atoms with Crippen molar-refractivity contribution < 1.29 is 4.79 Å². The van der Waals surface area contributed by atoms with Gasteiger partial charge in [-0.1, -0.05) is 0 Å². The molecule has 0 aliphatic heterocycles. The van der Waals surface area contributed by atoms with E-state index in [1.54, 1.807) is 29.3 Å². The van der Waals surface area contributed by atoms with E-state index in [9.17, 15) is 9.59 Å². The number of carbonyl (C=O) groups excluding carboxylic acids is 1. The van der Waals surface area contributed by atoms with Crippen LogP contribution in [0.15, 0.2) is 60.0 Å². The van der Waals surface area contributed by atoms with Gasteiger partial charge in [0, 0.05) is 59.5 Å². The molecule has 4 aromatic heterocycles. The van der Waals surface area contributed by atoms with Crippen molar-refractivity contribution in [3.8, 4) is 11.1 Å². The summed E-state index contributed by atoms with van der Waals surface area (Å²) in [5, 5.41) is 5.07. The lowest BCUT2D eigenvalue weighted by molar-refractivity contribution is 0.0992. The molecule has 0 bridgehead atoms. The van der Waals surface area contributed by atoms with Crippen LogP contribution in [0.1, 0.15) is 16.1 Å². The van der Waals surface area contributed by atoms with Gasteiger partial charge < -0.3 is 4.98 Å². The highest BCUT2D eigenvalue weighted by Gasteiger charge is 2.10. The van der Waals surface area contributed by atoms with Crippen LogP contribution < -0.4 is 5.56 Å².